The van der Waals surface area contributed by atoms with Crippen LogP contribution >= 0.6 is 27.3 Å². The van der Waals surface area contributed by atoms with Gasteiger partial charge in [-0.1, -0.05) is 0 Å². The van der Waals surface area contributed by atoms with Crippen molar-refractivity contribution in [2.24, 2.45) is 0 Å². The van der Waals surface area contributed by atoms with E-state index in [1.807, 2.05) is 4.68 Å². The Morgan fingerprint density at radius 2 is 2.35 bits per heavy atom. The van der Waals surface area contributed by atoms with Crippen molar-refractivity contribution in [2.75, 3.05) is 0 Å². The van der Waals surface area contributed by atoms with Gasteiger partial charge in [0.15, 0.2) is 5.82 Å². The fourth-order valence-corrected chi connectivity index (χ4v) is 3.09. The molecule has 2 aromatic rings. The molecule has 4 nitrogen and oxygen atoms in total. The van der Waals surface area contributed by atoms with E-state index in [1.54, 1.807) is 17.7 Å². The van der Waals surface area contributed by atoms with Crippen LogP contribution in [-0.4, -0.2) is 20.8 Å². The molecule has 0 aliphatic heterocycles. The lowest BCUT2D eigenvalue weighted by atomic mass is 10.5. The number of hydrogen-bond donors (Lipinski definition) is 1. The second-order valence-corrected chi connectivity index (χ2v) is 6.77. The third kappa shape index (κ3) is 3.14. The van der Waals surface area contributed by atoms with Gasteiger partial charge in [-0.25, -0.2) is 9.67 Å². The van der Waals surface area contributed by atoms with Crippen LogP contribution in [0.2, 0.25) is 0 Å². The molecule has 0 spiro atoms. The largest absolute Gasteiger partial charge is 0.307 e. The van der Waals surface area contributed by atoms with Crippen molar-refractivity contribution in [3.8, 4) is 0 Å². The van der Waals surface area contributed by atoms with Gasteiger partial charge in [0.25, 0.3) is 0 Å². The zero-order valence-corrected chi connectivity index (χ0v) is 11.7. The van der Waals surface area contributed by atoms with E-state index in [0.717, 1.165) is 22.7 Å². The molecule has 17 heavy (non-hydrogen) atoms. The molecule has 2 aromatic heterocycles. The molecule has 1 aliphatic rings. The molecule has 0 aromatic carbocycles. The highest BCUT2D eigenvalue weighted by atomic mass is 79.9. The second kappa shape index (κ2) is 4.88. The Hall–Kier alpha value is -0.720. The minimum absolute atomic E-state index is 0.704. The molecule has 0 atom stereocenters. The highest BCUT2D eigenvalue weighted by Gasteiger charge is 2.20. The maximum absolute atomic E-state index is 4.45. The molecule has 0 saturated heterocycles. The number of nitrogens with zero attached hydrogens (tertiary/aromatic N) is 3. The summed E-state index contributed by atoms with van der Waals surface area (Å²) in [4.78, 5) is 5.58. The Labute approximate surface area is 112 Å². The normalized spacial score (nSPS) is 15.4. The van der Waals surface area contributed by atoms with Crippen LogP contribution in [0, 0.1) is 0 Å². The zero-order chi connectivity index (χ0) is 11.7. The van der Waals surface area contributed by atoms with Crippen molar-refractivity contribution < 1.29 is 0 Å². The van der Waals surface area contributed by atoms with Gasteiger partial charge in [-0.2, -0.15) is 5.10 Å². The number of rotatable bonds is 5. The van der Waals surface area contributed by atoms with Gasteiger partial charge < -0.3 is 5.32 Å². The SMILES string of the molecule is Brc1ccc(Cn2cnc(CNC3CC3)n2)s1. The van der Waals surface area contributed by atoms with Gasteiger partial charge in [-0.3, -0.25) is 0 Å². The Morgan fingerprint density at radius 1 is 1.47 bits per heavy atom. The van der Waals surface area contributed by atoms with E-state index in [-0.39, 0.29) is 0 Å². The smallest absolute Gasteiger partial charge is 0.164 e. The highest BCUT2D eigenvalue weighted by Crippen LogP contribution is 2.22. The molecule has 1 saturated carbocycles. The third-order valence-electron chi connectivity index (χ3n) is 2.66. The van der Waals surface area contributed by atoms with Gasteiger partial charge in [-0.15, -0.1) is 11.3 Å². The van der Waals surface area contributed by atoms with Crippen molar-refractivity contribution in [1.29, 1.82) is 0 Å². The molecule has 2 heterocycles. The zero-order valence-electron chi connectivity index (χ0n) is 9.27. The maximum Gasteiger partial charge on any atom is 0.164 e. The molecule has 1 N–H and O–H groups in total. The average molecular weight is 313 g/mol. The van der Waals surface area contributed by atoms with Crippen molar-refractivity contribution in [2.45, 2.75) is 32.0 Å². The minimum Gasteiger partial charge on any atom is -0.307 e. The highest BCUT2D eigenvalue weighted by molar-refractivity contribution is 9.11. The molecule has 0 radical (unpaired) electrons. The Kier molecular flexibility index (Phi) is 3.26. The number of nitrogens with one attached hydrogen (secondary N) is 1. The molecular weight excluding hydrogens is 300 g/mol. The second-order valence-electron chi connectivity index (χ2n) is 4.22. The summed E-state index contributed by atoms with van der Waals surface area (Å²) in [6.07, 6.45) is 4.39. The van der Waals surface area contributed by atoms with Gasteiger partial charge >= 0.3 is 0 Å². The number of hydrogen-bond acceptors (Lipinski definition) is 4. The van der Waals surface area contributed by atoms with Crippen molar-refractivity contribution in [1.82, 2.24) is 20.1 Å². The summed E-state index contributed by atoms with van der Waals surface area (Å²) in [5.41, 5.74) is 0. The van der Waals surface area contributed by atoms with Crippen molar-refractivity contribution in [3.05, 3.63) is 32.9 Å². The minimum atomic E-state index is 0.704. The number of aromatic nitrogens is 3. The Bertz CT molecular complexity index is 503. The Balaban J connectivity index is 1.59. The predicted molar refractivity (Wildman–Crippen MR) is 71.0 cm³/mol. The number of thiophene rings is 1. The Morgan fingerprint density at radius 3 is 3.06 bits per heavy atom. The summed E-state index contributed by atoms with van der Waals surface area (Å²) in [7, 11) is 0. The van der Waals surface area contributed by atoms with Crippen LogP contribution in [0.3, 0.4) is 0 Å². The first-order valence-electron chi connectivity index (χ1n) is 5.65. The average Bonchev–Trinajstić information content (AvgIpc) is 2.90. The summed E-state index contributed by atoms with van der Waals surface area (Å²) in [6, 6.07) is 4.88. The maximum atomic E-state index is 4.45. The van der Waals surface area contributed by atoms with E-state index in [0.29, 0.717) is 6.04 Å². The van der Waals surface area contributed by atoms with Crippen molar-refractivity contribution >= 4 is 27.3 Å². The summed E-state index contributed by atoms with van der Waals surface area (Å²) < 4.78 is 3.05. The van der Waals surface area contributed by atoms with E-state index >= 15 is 0 Å². The van der Waals surface area contributed by atoms with Crippen LogP contribution in [0.1, 0.15) is 23.5 Å². The van der Waals surface area contributed by atoms with Crippen LogP contribution in [0.5, 0.6) is 0 Å². The molecule has 0 unspecified atom stereocenters. The summed E-state index contributed by atoms with van der Waals surface area (Å²) >= 11 is 5.19. The third-order valence-corrected chi connectivity index (χ3v) is 4.27. The first kappa shape index (κ1) is 11.4. The van der Waals surface area contributed by atoms with Gasteiger partial charge in [0.1, 0.15) is 6.33 Å². The summed E-state index contributed by atoms with van der Waals surface area (Å²) in [5, 5.41) is 7.86. The molecule has 1 fully saturated rings. The lowest BCUT2D eigenvalue weighted by molar-refractivity contribution is 0.630. The fourth-order valence-electron chi connectivity index (χ4n) is 1.61. The molecular formula is C11H13BrN4S. The summed E-state index contributed by atoms with van der Waals surface area (Å²) in [5.74, 6) is 0.882. The predicted octanol–water partition coefficient (Wildman–Crippen LogP) is 2.40. The first-order valence-corrected chi connectivity index (χ1v) is 7.26. The lowest BCUT2D eigenvalue weighted by Gasteiger charge is -1.98. The van der Waals surface area contributed by atoms with E-state index in [2.05, 4.69) is 43.5 Å². The molecule has 0 bridgehead atoms. The van der Waals surface area contributed by atoms with E-state index in [4.69, 9.17) is 0 Å². The monoisotopic (exact) mass is 312 g/mol. The van der Waals surface area contributed by atoms with E-state index < -0.39 is 0 Å². The molecule has 3 rings (SSSR count). The van der Waals surface area contributed by atoms with Crippen LogP contribution in [-0.2, 0) is 13.1 Å². The van der Waals surface area contributed by atoms with Crippen LogP contribution in [0.15, 0.2) is 22.2 Å². The number of halogens is 1. The van der Waals surface area contributed by atoms with E-state index in [1.165, 1.54) is 17.7 Å². The topological polar surface area (TPSA) is 42.7 Å². The quantitative estimate of drug-likeness (QED) is 0.922. The van der Waals surface area contributed by atoms with Crippen LogP contribution in [0.25, 0.3) is 0 Å². The van der Waals surface area contributed by atoms with Crippen LogP contribution < -0.4 is 5.32 Å². The van der Waals surface area contributed by atoms with Gasteiger partial charge in [0.05, 0.1) is 16.9 Å². The van der Waals surface area contributed by atoms with Crippen LogP contribution in [0.4, 0.5) is 0 Å². The summed E-state index contributed by atoms with van der Waals surface area (Å²) in [6.45, 7) is 1.58. The van der Waals surface area contributed by atoms with E-state index in [9.17, 15) is 0 Å². The van der Waals surface area contributed by atoms with Gasteiger partial charge in [0, 0.05) is 10.9 Å². The van der Waals surface area contributed by atoms with Gasteiger partial charge in [0.2, 0.25) is 0 Å². The van der Waals surface area contributed by atoms with Crippen molar-refractivity contribution in [3.63, 3.8) is 0 Å². The fraction of sp³-hybridized carbons (Fsp3) is 0.455. The van der Waals surface area contributed by atoms with Gasteiger partial charge in [-0.05, 0) is 40.9 Å². The molecule has 90 valence electrons. The standard InChI is InChI=1S/C11H13BrN4S/c12-10-4-3-9(17-10)6-16-7-14-11(15-16)5-13-8-1-2-8/h3-4,7-8,13H,1-2,5-6H2. The molecule has 1 aliphatic carbocycles. The first-order chi connectivity index (χ1) is 8.29. The lowest BCUT2D eigenvalue weighted by Crippen LogP contribution is -2.16. The molecule has 0 amide bonds. The molecule has 6 heteroatoms.